The normalized spacial score (nSPS) is 14.5. The molecule has 0 aliphatic carbocycles. The van der Waals surface area contributed by atoms with Crippen LogP contribution in [0.3, 0.4) is 0 Å². The van der Waals surface area contributed by atoms with Crippen LogP contribution in [-0.2, 0) is 0 Å². The Hall–Kier alpha value is -11.5. The van der Waals surface area contributed by atoms with Crippen LogP contribution in [0.4, 0.5) is 0 Å². The fraction of sp³-hybridized carbons (Fsp3) is 0. The minimum Gasteiger partial charge on any atom is -0.456 e. The zero-order chi connectivity index (χ0) is 57.4. The molecule has 0 saturated carbocycles. The molecule has 8 nitrogen and oxygen atoms in total. The van der Waals surface area contributed by atoms with E-state index in [1.165, 1.54) is 87.0 Å². The Morgan fingerprint density at radius 3 is 0.778 bits per heavy atom. The summed E-state index contributed by atoms with van der Waals surface area (Å²) in [6.07, 6.45) is 0. The molecule has 17 aromatic rings. The summed E-state index contributed by atoms with van der Waals surface area (Å²) in [4.78, 5) is 0. The maximum Gasteiger partial charge on any atom is 0.256 e. The average Bonchev–Trinajstić information content (AvgIpc) is 1.22. The quantitative estimate of drug-likeness (QED) is 0.142. The second-order valence-electron chi connectivity index (χ2n) is 25.9. The van der Waals surface area contributed by atoms with Crippen molar-refractivity contribution in [2.45, 2.75) is 0 Å². The van der Waals surface area contributed by atoms with Crippen molar-refractivity contribution >= 4 is 180 Å². The van der Waals surface area contributed by atoms with Crippen LogP contribution in [0.15, 0.2) is 231 Å². The Labute approximate surface area is 513 Å². The van der Waals surface area contributed by atoms with Gasteiger partial charge in [-0.25, -0.2) is 0 Å². The number of hydrogen-bond acceptors (Lipinski definition) is 4. The Balaban J connectivity index is 0.844. The summed E-state index contributed by atoms with van der Waals surface area (Å²) in [5, 5.41) is 9.67. The lowest BCUT2D eigenvalue weighted by Gasteiger charge is -2.42. The van der Waals surface area contributed by atoms with Crippen molar-refractivity contribution in [3.05, 3.63) is 231 Å². The molecule has 0 fully saturated rings. The summed E-state index contributed by atoms with van der Waals surface area (Å²) in [6, 6.07) is 85.4. The molecule has 0 bridgehead atoms. The zero-order valence-corrected chi connectivity index (χ0v) is 47.7. The fourth-order valence-electron chi connectivity index (χ4n) is 19.0. The molecule has 13 aromatic carbocycles. The van der Waals surface area contributed by atoms with Crippen LogP contribution >= 0.6 is 0 Å². The molecule has 12 heteroatoms. The van der Waals surface area contributed by atoms with Crippen molar-refractivity contribution in [1.82, 2.24) is 18.3 Å². The minimum atomic E-state index is -0.297. The molecule has 0 N–H and O–H groups in total. The first-order valence-electron chi connectivity index (χ1n) is 31.4. The number of ether oxygens (including phenoxy) is 4. The number of aromatic nitrogens is 4. The van der Waals surface area contributed by atoms with Gasteiger partial charge in [-0.15, -0.1) is 0 Å². The first-order valence-corrected chi connectivity index (χ1v) is 31.4. The predicted molar refractivity (Wildman–Crippen MR) is 368 cm³/mol. The highest BCUT2D eigenvalue weighted by atomic mass is 16.5. The molecule has 0 radical (unpaired) electrons. The first kappa shape index (κ1) is 44.9. The number of para-hydroxylation sites is 10. The summed E-state index contributed by atoms with van der Waals surface area (Å²) in [7, 11) is 0. The topological polar surface area (TPSA) is 56.6 Å². The van der Waals surface area contributed by atoms with Crippen molar-refractivity contribution in [1.29, 1.82) is 0 Å². The maximum atomic E-state index is 8.17. The van der Waals surface area contributed by atoms with Gasteiger partial charge < -0.3 is 37.2 Å². The van der Waals surface area contributed by atoms with E-state index in [0.29, 0.717) is 0 Å². The Morgan fingerprint density at radius 2 is 0.456 bits per heavy atom. The third kappa shape index (κ3) is 4.77. The maximum absolute atomic E-state index is 8.17. The van der Waals surface area contributed by atoms with Crippen molar-refractivity contribution in [3.8, 4) is 68.7 Å². The van der Waals surface area contributed by atoms with Gasteiger partial charge in [0.1, 0.15) is 46.0 Å². The highest BCUT2D eigenvalue weighted by Crippen LogP contribution is 2.52. The standard InChI is InChI=1S/C78H38B4N4O4/c1-7-31-55-39(17-1)43-21-13-27-49-67(43)83(55)71-63-75(87-59-35-11-5-25-47(59)79(49)63)73-65-77(71)89-61-37-54-62(38-53(61)81(65)51-29-15-23-45-41-19-3-9-33-57(41)85(73)69(45)51)90-78-66-74(86-58-34-10-4-20-42(58)46-24-16-30-52(70(46)86)82(54)66)76-64-72(78)84-56-32-8-2-18-40(56)44-22-14-28-50(68(44)84)80(64)48-26-6-12-36-60(48)88-76/h1-38H. The van der Waals surface area contributed by atoms with Crippen LogP contribution in [0, 0.1) is 0 Å². The number of hydrogen-bond donors (Lipinski definition) is 0. The Bertz CT molecular complexity index is 6100. The van der Waals surface area contributed by atoms with Crippen molar-refractivity contribution in [3.63, 3.8) is 0 Å². The highest BCUT2D eigenvalue weighted by molar-refractivity contribution is 7.04. The molecule has 406 valence electrons. The van der Waals surface area contributed by atoms with Crippen LogP contribution in [0.1, 0.15) is 0 Å². The van der Waals surface area contributed by atoms with E-state index in [-0.39, 0.29) is 26.9 Å². The molecule has 0 spiro atoms. The van der Waals surface area contributed by atoms with Gasteiger partial charge in [-0.05, 0) is 92.2 Å². The number of rotatable bonds is 0. The second-order valence-corrected chi connectivity index (χ2v) is 25.9. The molecular weight excluding hydrogens is 1100 g/mol. The largest absolute Gasteiger partial charge is 0.456 e. The first-order chi connectivity index (χ1) is 44.7. The molecule has 0 unspecified atom stereocenters. The van der Waals surface area contributed by atoms with Crippen LogP contribution in [0.5, 0.6) is 46.0 Å². The van der Waals surface area contributed by atoms with E-state index in [9.17, 15) is 0 Å². The van der Waals surface area contributed by atoms with Crippen molar-refractivity contribution in [2.24, 2.45) is 0 Å². The predicted octanol–water partition coefficient (Wildman–Crippen LogP) is 9.82. The van der Waals surface area contributed by atoms with E-state index in [2.05, 4.69) is 249 Å². The molecule has 8 aliphatic heterocycles. The monoisotopic (exact) mass is 1140 g/mol. The molecule has 0 atom stereocenters. The molecule has 0 saturated heterocycles. The lowest BCUT2D eigenvalue weighted by molar-refractivity contribution is 0.466. The number of nitrogens with zero attached hydrogens (tertiary/aromatic N) is 4. The third-order valence-electron chi connectivity index (χ3n) is 22.1. The van der Waals surface area contributed by atoms with E-state index >= 15 is 0 Å². The van der Waals surface area contributed by atoms with Crippen molar-refractivity contribution < 1.29 is 18.9 Å². The van der Waals surface area contributed by atoms with Crippen LogP contribution in [0.25, 0.3) is 110 Å². The minimum absolute atomic E-state index is 0.146. The molecule has 4 aromatic heterocycles. The molecule has 12 heterocycles. The number of benzene rings is 13. The highest BCUT2D eigenvalue weighted by Gasteiger charge is 2.54. The summed E-state index contributed by atoms with van der Waals surface area (Å²) >= 11 is 0. The summed E-state index contributed by atoms with van der Waals surface area (Å²) in [5.41, 5.74) is 27.2. The number of fused-ring (bicyclic) bond motifs is 32. The fourth-order valence-corrected chi connectivity index (χ4v) is 19.0. The van der Waals surface area contributed by atoms with Gasteiger partial charge in [0.25, 0.3) is 26.9 Å². The van der Waals surface area contributed by atoms with E-state index in [0.717, 1.165) is 135 Å². The van der Waals surface area contributed by atoms with E-state index in [1.807, 2.05) is 0 Å². The van der Waals surface area contributed by atoms with Gasteiger partial charge >= 0.3 is 0 Å². The van der Waals surface area contributed by atoms with E-state index in [1.54, 1.807) is 0 Å². The van der Waals surface area contributed by atoms with Gasteiger partial charge in [0, 0.05) is 87.0 Å². The van der Waals surface area contributed by atoms with Crippen LogP contribution in [0.2, 0.25) is 0 Å². The van der Waals surface area contributed by atoms with Crippen LogP contribution in [-0.4, -0.2) is 45.1 Å². The van der Waals surface area contributed by atoms with Crippen LogP contribution < -0.4 is 84.5 Å². The summed E-state index contributed by atoms with van der Waals surface area (Å²) in [5.74, 6) is 6.84. The van der Waals surface area contributed by atoms with Gasteiger partial charge in [0.05, 0.1) is 44.8 Å². The third-order valence-corrected chi connectivity index (χ3v) is 22.1. The van der Waals surface area contributed by atoms with Gasteiger partial charge in [-0.1, -0.05) is 182 Å². The lowest BCUT2D eigenvalue weighted by Crippen LogP contribution is -2.64. The molecule has 25 rings (SSSR count). The zero-order valence-electron chi connectivity index (χ0n) is 47.7. The lowest BCUT2D eigenvalue weighted by atomic mass is 9.30. The average molecular weight is 1140 g/mol. The van der Waals surface area contributed by atoms with E-state index in [4.69, 9.17) is 18.9 Å². The smallest absolute Gasteiger partial charge is 0.256 e. The van der Waals surface area contributed by atoms with Crippen molar-refractivity contribution in [2.75, 3.05) is 0 Å². The van der Waals surface area contributed by atoms with Gasteiger partial charge in [0.15, 0.2) is 0 Å². The van der Waals surface area contributed by atoms with Gasteiger partial charge in [-0.2, -0.15) is 0 Å². The van der Waals surface area contributed by atoms with Gasteiger partial charge in [-0.3, -0.25) is 0 Å². The van der Waals surface area contributed by atoms with E-state index < -0.39 is 0 Å². The molecule has 0 amide bonds. The SMILES string of the molecule is c1ccc2c(c1)Oc1c3c(c4c5c1-n1c6ccccc6c6cccc(c61)B5c1cc5c(cc1O4)B1c4c(c6c7c(c4-n4c8ccccc8c8cccc1c84)Oc1ccccc1B7c1cccc4c7ccccc7n-6c14)O5)-n1c4ccccc4c4cccc(c41)B23. The molecular formula is C78H38B4N4O4. The molecule has 8 aliphatic rings. The Kier molecular flexibility index (Phi) is 7.43. The molecule has 90 heavy (non-hydrogen) atoms. The Morgan fingerprint density at radius 1 is 0.211 bits per heavy atom. The second kappa shape index (κ2) is 14.9. The van der Waals surface area contributed by atoms with Gasteiger partial charge in [0.2, 0.25) is 0 Å². The summed E-state index contributed by atoms with van der Waals surface area (Å²) in [6.45, 7) is -0.886. The summed E-state index contributed by atoms with van der Waals surface area (Å²) < 4.78 is 41.7.